The highest BCUT2D eigenvalue weighted by Gasteiger charge is 2.24. The molecule has 0 radical (unpaired) electrons. The van der Waals surface area contributed by atoms with E-state index in [0.29, 0.717) is 18.2 Å². The van der Waals surface area contributed by atoms with E-state index < -0.39 is 10.0 Å². The molecule has 0 aliphatic heterocycles. The summed E-state index contributed by atoms with van der Waals surface area (Å²) in [5.41, 5.74) is 2.48. The van der Waals surface area contributed by atoms with E-state index in [9.17, 15) is 8.42 Å². The van der Waals surface area contributed by atoms with E-state index in [-0.39, 0.29) is 11.4 Å². The third-order valence-corrected chi connectivity index (χ3v) is 6.81. The maximum atomic E-state index is 12.3. The second kappa shape index (κ2) is 9.76. The van der Waals surface area contributed by atoms with Crippen molar-refractivity contribution >= 4 is 21.7 Å². The van der Waals surface area contributed by atoms with Gasteiger partial charge in [-0.25, -0.2) is 28.1 Å². The molecule has 2 N–H and O–H groups in total. The Kier molecular flexibility index (Phi) is 6.83. The van der Waals surface area contributed by atoms with Crippen LogP contribution in [-0.2, 0) is 27.7 Å². The summed E-state index contributed by atoms with van der Waals surface area (Å²) in [5, 5.41) is 3.15. The zero-order chi connectivity index (χ0) is 22.6. The van der Waals surface area contributed by atoms with Gasteiger partial charge in [-0.3, -0.25) is 0 Å². The predicted octanol–water partition coefficient (Wildman–Crippen LogP) is 2.98. The maximum Gasteiger partial charge on any atom is 0.240 e. The van der Waals surface area contributed by atoms with Crippen LogP contribution in [0.5, 0.6) is 0 Å². The minimum absolute atomic E-state index is 0.185. The van der Waals surface area contributed by atoms with E-state index in [1.807, 2.05) is 12.3 Å². The van der Waals surface area contributed by atoms with E-state index in [2.05, 4.69) is 36.5 Å². The van der Waals surface area contributed by atoms with Crippen molar-refractivity contribution < 1.29 is 13.2 Å². The molecule has 1 aliphatic carbocycles. The molecule has 4 rings (SSSR count). The average molecular weight is 457 g/mol. The highest BCUT2D eigenvalue weighted by atomic mass is 32.2. The first-order chi connectivity index (χ1) is 15.5. The SMILES string of the molecule is CCc1ncc(-c2ccnc(Nc3ccc(S(=O)(=O)NCCOC)cc3)n2)n1CC1CC1. The van der Waals surface area contributed by atoms with Crippen LogP contribution in [-0.4, -0.2) is 48.2 Å². The molecule has 0 saturated heterocycles. The quantitative estimate of drug-likeness (QED) is 0.427. The Bertz CT molecular complexity index is 1160. The molecule has 0 bridgehead atoms. The van der Waals surface area contributed by atoms with Crippen LogP contribution in [0.4, 0.5) is 11.6 Å². The first-order valence-corrected chi connectivity index (χ1v) is 12.2. The highest BCUT2D eigenvalue weighted by molar-refractivity contribution is 7.89. The molecule has 10 heteroatoms. The minimum atomic E-state index is -3.57. The monoisotopic (exact) mass is 456 g/mol. The Morgan fingerprint density at radius 2 is 1.94 bits per heavy atom. The summed E-state index contributed by atoms with van der Waals surface area (Å²) in [4.78, 5) is 13.7. The number of imidazole rings is 1. The lowest BCUT2D eigenvalue weighted by molar-refractivity contribution is 0.204. The fourth-order valence-corrected chi connectivity index (χ4v) is 4.45. The number of anilines is 2. The molecule has 1 fully saturated rings. The molecule has 1 aliphatic rings. The summed E-state index contributed by atoms with van der Waals surface area (Å²) in [6, 6.07) is 8.34. The highest BCUT2D eigenvalue weighted by Crippen LogP contribution is 2.33. The second-order valence-corrected chi connectivity index (χ2v) is 9.54. The molecule has 170 valence electrons. The molecule has 32 heavy (non-hydrogen) atoms. The van der Waals surface area contributed by atoms with Crippen molar-refractivity contribution in [1.82, 2.24) is 24.2 Å². The van der Waals surface area contributed by atoms with Crippen molar-refractivity contribution in [2.24, 2.45) is 5.92 Å². The lowest BCUT2D eigenvalue weighted by atomic mass is 10.3. The van der Waals surface area contributed by atoms with Gasteiger partial charge < -0.3 is 14.6 Å². The fraction of sp³-hybridized carbons (Fsp3) is 0.409. The first-order valence-electron chi connectivity index (χ1n) is 10.7. The number of nitrogens with one attached hydrogen (secondary N) is 2. The van der Waals surface area contributed by atoms with Gasteiger partial charge in [-0.1, -0.05) is 6.92 Å². The van der Waals surface area contributed by atoms with Crippen LogP contribution >= 0.6 is 0 Å². The zero-order valence-electron chi connectivity index (χ0n) is 18.3. The summed E-state index contributed by atoms with van der Waals surface area (Å²) in [6.07, 6.45) is 7.00. The Labute approximate surface area is 188 Å². The number of nitrogens with zero attached hydrogens (tertiary/aromatic N) is 4. The number of rotatable bonds is 11. The molecular weight excluding hydrogens is 428 g/mol. The van der Waals surface area contributed by atoms with Crippen LogP contribution in [0.1, 0.15) is 25.6 Å². The van der Waals surface area contributed by atoms with E-state index in [1.54, 1.807) is 30.5 Å². The van der Waals surface area contributed by atoms with Gasteiger partial charge in [0.2, 0.25) is 16.0 Å². The van der Waals surface area contributed by atoms with Crippen molar-refractivity contribution in [2.75, 3.05) is 25.6 Å². The van der Waals surface area contributed by atoms with Gasteiger partial charge in [0.15, 0.2) is 0 Å². The van der Waals surface area contributed by atoms with Gasteiger partial charge in [-0.15, -0.1) is 0 Å². The number of hydrogen-bond donors (Lipinski definition) is 2. The average Bonchev–Trinajstić information content (AvgIpc) is 3.52. The molecular formula is C22H28N6O3S. The predicted molar refractivity (Wildman–Crippen MR) is 122 cm³/mol. The van der Waals surface area contributed by atoms with E-state index in [1.165, 1.54) is 20.0 Å². The van der Waals surface area contributed by atoms with Crippen LogP contribution < -0.4 is 10.0 Å². The van der Waals surface area contributed by atoms with Crippen LogP contribution in [0.15, 0.2) is 47.6 Å². The van der Waals surface area contributed by atoms with Crippen LogP contribution in [0.3, 0.4) is 0 Å². The first kappa shape index (κ1) is 22.4. The number of benzene rings is 1. The van der Waals surface area contributed by atoms with E-state index in [4.69, 9.17) is 4.74 Å². The summed E-state index contributed by atoms with van der Waals surface area (Å²) in [6.45, 7) is 3.61. The topological polar surface area (TPSA) is 111 Å². The summed E-state index contributed by atoms with van der Waals surface area (Å²) in [5.74, 6) is 2.23. The molecule has 0 spiro atoms. The van der Waals surface area contributed by atoms with Gasteiger partial charge in [-0.2, -0.15) is 0 Å². The molecule has 0 atom stereocenters. The number of aryl methyl sites for hydroxylation is 1. The van der Waals surface area contributed by atoms with Gasteiger partial charge in [0, 0.05) is 38.5 Å². The third-order valence-electron chi connectivity index (χ3n) is 5.33. The van der Waals surface area contributed by atoms with Gasteiger partial charge in [-0.05, 0) is 49.1 Å². The van der Waals surface area contributed by atoms with Crippen molar-refractivity contribution in [3.63, 3.8) is 0 Å². The Hall–Kier alpha value is -2.82. The number of hydrogen-bond acceptors (Lipinski definition) is 7. The number of ether oxygens (including phenoxy) is 1. The zero-order valence-corrected chi connectivity index (χ0v) is 19.1. The molecule has 1 saturated carbocycles. The largest absolute Gasteiger partial charge is 0.383 e. The van der Waals surface area contributed by atoms with E-state index >= 15 is 0 Å². The summed E-state index contributed by atoms with van der Waals surface area (Å²) >= 11 is 0. The lowest BCUT2D eigenvalue weighted by Crippen LogP contribution is -2.27. The molecule has 0 unspecified atom stereocenters. The molecule has 2 heterocycles. The normalized spacial score (nSPS) is 13.9. The van der Waals surface area contributed by atoms with E-state index in [0.717, 1.165) is 36.1 Å². The van der Waals surface area contributed by atoms with Gasteiger partial charge in [0.05, 0.1) is 29.1 Å². The van der Waals surface area contributed by atoms with Crippen molar-refractivity contribution in [3.05, 3.63) is 48.5 Å². The Morgan fingerprint density at radius 1 is 1.16 bits per heavy atom. The Morgan fingerprint density at radius 3 is 2.62 bits per heavy atom. The fourth-order valence-electron chi connectivity index (χ4n) is 3.43. The van der Waals surface area contributed by atoms with Crippen molar-refractivity contribution in [2.45, 2.75) is 37.6 Å². The van der Waals surface area contributed by atoms with Crippen molar-refractivity contribution in [1.29, 1.82) is 0 Å². The smallest absolute Gasteiger partial charge is 0.240 e. The molecule has 0 amide bonds. The summed E-state index contributed by atoms with van der Waals surface area (Å²) < 4.78 is 34.2. The Balaban J connectivity index is 1.50. The van der Waals surface area contributed by atoms with Crippen LogP contribution in [0.2, 0.25) is 0 Å². The standard InChI is InChI=1S/C22H28N6O3S/c1-3-21-24-14-20(28(21)15-16-4-5-16)19-10-11-23-22(27-19)26-17-6-8-18(9-7-17)32(29,30)25-12-13-31-2/h6-11,14,16,25H,3-5,12-13,15H2,1-2H3,(H,23,26,27). The van der Waals surface area contributed by atoms with Crippen LogP contribution in [0.25, 0.3) is 11.4 Å². The number of aromatic nitrogens is 4. The van der Waals surface area contributed by atoms with Gasteiger partial charge in [0.25, 0.3) is 0 Å². The minimum Gasteiger partial charge on any atom is -0.383 e. The molecule has 9 nitrogen and oxygen atoms in total. The van der Waals surface area contributed by atoms with Crippen LogP contribution in [0, 0.1) is 5.92 Å². The third kappa shape index (κ3) is 5.32. The molecule has 2 aromatic heterocycles. The van der Waals surface area contributed by atoms with Gasteiger partial charge >= 0.3 is 0 Å². The van der Waals surface area contributed by atoms with Crippen molar-refractivity contribution in [3.8, 4) is 11.4 Å². The maximum absolute atomic E-state index is 12.3. The molecule has 3 aromatic rings. The van der Waals surface area contributed by atoms with Gasteiger partial charge in [0.1, 0.15) is 5.82 Å². The lowest BCUT2D eigenvalue weighted by Gasteiger charge is -2.12. The second-order valence-electron chi connectivity index (χ2n) is 7.77. The summed E-state index contributed by atoms with van der Waals surface area (Å²) in [7, 11) is -2.05. The number of sulfonamides is 1. The number of methoxy groups -OCH3 is 1. The molecule has 1 aromatic carbocycles.